The van der Waals surface area contributed by atoms with Gasteiger partial charge in [-0.2, -0.15) is 0 Å². The summed E-state index contributed by atoms with van der Waals surface area (Å²) in [6.07, 6.45) is 1.55. The van der Waals surface area contributed by atoms with Crippen LogP contribution in [0.4, 0.5) is 5.82 Å². The molecule has 2 aromatic rings. The van der Waals surface area contributed by atoms with Crippen LogP contribution in [0.5, 0.6) is 0 Å². The molecule has 2 rings (SSSR count). The fourth-order valence-electron chi connectivity index (χ4n) is 1.23. The van der Waals surface area contributed by atoms with Crippen molar-refractivity contribution in [2.75, 3.05) is 5.32 Å². The van der Waals surface area contributed by atoms with E-state index in [4.69, 9.17) is 5.11 Å². The molecular formula is C11H10N2O2S. The zero-order chi connectivity index (χ0) is 11.4. The number of anilines is 1. The highest BCUT2D eigenvalue weighted by Crippen LogP contribution is 2.12. The van der Waals surface area contributed by atoms with Gasteiger partial charge in [-0.05, 0) is 29.1 Å². The molecule has 0 spiro atoms. The minimum Gasteiger partial charge on any atom is -0.392 e. The molecule has 0 atom stereocenters. The molecule has 0 aliphatic rings. The third kappa shape index (κ3) is 2.44. The number of aromatic nitrogens is 1. The van der Waals surface area contributed by atoms with Crippen LogP contribution in [0, 0.1) is 0 Å². The first-order valence-corrected chi connectivity index (χ1v) is 5.58. The molecule has 5 heteroatoms. The Morgan fingerprint density at radius 1 is 1.50 bits per heavy atom. The monoisotopic (exact) mass is 234 g/mol. The lowest BCUT2D eigenvalue weighted by atomic mass is 10.3. The van der Waals surface area contributed by atoms with Crippen molar-refractivity contribution >= 4 is 23.1 Å². The maximum absolute atomic E-state index is 11.7. The van der Waals surface area contributed by atoms with Crippen molar-refractivity contribution in [3.63, 3.8) is 0 Å². The van der Waals surface area contributed by atoms with Crippen LogP contribution in [-0.2, 0) is 6.61 Å². The molecule has 0 radical (unpaired) electrons. The topological polar surface area (TPSA) is 62.2 Å². The third-order valence-corrected chi connectivity index (χ3v) is 2.86. The molecular weight excluding hydrogens is 224 g/mol. The third-order valence-electron chi connectivity index (χ3n) is 1.99. The van der Waals surface area contributed by atoms with E-state index in [1.54, 1.807) is 24.4 Å². The van der Waals surface area contributed by atoms with E-state index in [9.17, 15) is 4.79 Å². The molecule has 2 aromatic heterocycles. The van der Waals surface area contributed by atoms with Crippen molar-refractivity contribution in [1.82, 2.24) is 4.98 Å². The first kappa shape index (κ1) is 10.8. The van der Waals surface area contributed by atoms with E-state index in [2.05, 4.69) is 10.3 Å². The van der Waals surface area contributed by atoms with Crippen LogP contribution in [0.1, 0.15) is 15.2 Å². The number of carbonyl (C=O) groups excluding carboxylic acids is 1. The normalized spacial score (nSPS) is 10.1. The van der Waals surface area contributed by atoms with Crippen LogP contribution in [0.15, 0.2) is 35.8 Å². The van der Waals surface area contributed by atoms with E-state index < -0.39 is 0 Å². The minimum absolute atomic E-state index is 0.0651. The average Bonchev–Trinajstić information content (AvgIpc) is 2.83. The second-order valence-electron chi connectivity index (χ2n) is 3.14. The number of aliphatic hydroxyl groups is 1. The van der Waals surface area contributed by atoms with Crippen molar-refractivity contribution in [2.24, 2.45) is 0 Å². The van der Waals surface area contributed by atoms with Gasteiger partial charge in [0.15, 0.2) is 0 Å². The quantitative estimate of drug-likeness (QED) is 0.852. The predicted molar refractivity (Wildman–Crippen MR) is 62.4 cm³/mol. The SMILES string of the molecule is O=C(Nc1cc(CO)ccn1)c1cccs1. The number of nitrogens with one attached hydrogen (secondary N) is 1. The molecule has 4 nitrogen and oxygen atoms in total. The number of nitrogens with zero attached hydrogens (tertiary/aromatic N) is 1. The lowest BCUT2D eigenvalue weighted by molar-refractivity contribution is 0.103. The van der Waals surface area contributed by atoms with Crippen molar-refractivity contribution < 1.29 is 9.90 Å². The summed E-state index contributed by atoms with van der Waals surface area (Å²) in [6.45, 7) is -0.0651. The fourth-order valence-corrected chi connectivity index (χ4v) is 1.85. The number of pyridine rings is 1. The number of carbonyl (C=O) groups is 1. The highest BCUT2D eigenvalue weighted by atomic mass is 32.1. The van der Waals surface area contributed by atoms with Gasteiger partial charge in [0.1, 0.15) is 5.82 Å². The predicted octanol–water partition coefficient (Wildman–Crippen LogP) is 1.89. The lowest BCUT2D eigenvalue weighted by Crippen LogP contribution is -2.11. The molecule has 0 fully saturated rings. The Kier molecular flexibility index (Phi) is 3.28. The number of hydrogen-bond acceptors (Lipinski definition) is 4. The minimum atomic E-state index is -0.183. The molecule has 0 aromatic carbocycles. The van der Waals surface area contributed by atoms with E-state index in [-0.39, 0.29) is 12.5 Å². The molecule has 0 unspecified atom stereocenters. The van der Waals surface area contributed by atoms with Gasteiger partial charge in [-0.3, -0.25) is 4.79 Å². The van der Waals surface area contributed by atoms with Gasteiger partial charge < -0.3 is 10.4 Å². The Morgan fingerprint density at radius 3 is 3.06 bits per heavy atom. The number of thiophene rings is 1. The smallest absolute Gasteiger partial charge is 0.266 e. The van der Waals surface area contributed by atoms with Gasteiger partial charge in [-0.25, -0.2) is 4.98 Å². The Morgan fingerprint density at radius 2 is 2.38 bits per heavy atom. The van der Waals surface area contributed by atoms with E-state index in [0.717, 1.165) is 5.56 Å². The lowest BCUT2D eigenvalue weighted by Gasteiger charge is -2.03. The molecule has 1 amide bonds. The maximum atomic E-state index is 11.7. The summed E-state index contributed by atoms with van der Waals surface area (Å²) < 4.78 is 0. The summed E-state index contributed by atoms with van der Waals surface area (Å²) in [6, 6.07) is 6.90. The van der Waals surface area contributed by atoms with Gasteiger partial charge in [-0.1, -0.05) is 6.07 Å². The Labute approximate surface area is 96.6 Å². The van der Waals surface area contributed by atoms with Crippen LogP contribution < -0.4 is 5.32 Å². The fraction of sp³-hybridized carbons (Fsp3) is 0.0909. The standard InChI is InChI=1S/C11H10N2O2S/c14-7-8-3-4-12-10(6-8)13-11(15)9-2-1-5-16-9/h1-6,14H,7H2,(H,12,13,15). The van der Waals surface area contributed by atoms with Crippen molar-refractivity contribution in [2.45, 2.75) is 6.61 Å². The van der Waals surface area contributed by atoms with Gasteiger partial charge in [0, 0.05) is 6.20 Å². The maximum Gasteiger partial charge on any atom is 0.266 e. The van der Waals surface area contributed by atoms with Gasteiger partial charge in [-0.15, -0.1) is 11.3 Å². The second-order valence-corrected chi connectivity index (χ2v) is 4.09. The molecule has 0 aliphatic heterocycles. The summed E-state index contributed by atoms with van der Waals surface area (Å²) in [5.41, 5.74) is 0.719. The number of rotatable bonds is 3. The summed E-state index contributed by atoms with van der Waals surface area (Å²) >= 11 is 1.37. The van der Waals surface area contributed by atoms with E-state index >= 15 is 0 Å². The molecule has 82 valence electrons. The first-order valence-electron chi connectivity index (χ1n) is 4.70. The van der Waals surface area contributed by atoms with Crippen LogP contribution >= 0.6 is 11.3 Å². The first-order chi connectivity index (χ1) is 7.79. The highest BCUT2D eigenvalue weighted by Gasteiger charge is 2.07. The van der Waals surface area contributed by atoms with Gasteiger partial charge in [0.05, 0.1) is 11.5 Å². The molecule has 0 saturated heterocycles. The summed E-state index contributed by atoms with van der Waals surface area (Å²) in [5.74, 6) is 0.266. The van der Waals surface area contributed by atoms with E-state index in [1.807, 2.05) is 11.4 Å². The summed E-state index contributed by atoms with van der Waals surface area (Å²) in [5, 5.41) is 13.4. The number of aliphatic hydroxyl groups excluding tert-OH is 1. The van der Waals surface area contributed by atoms with Gasteiger partial charge >= 0.3 is 0 Å². The summed E-state index contributed by atoms with van der Waals surface area (Å²) in [7, 11) is 0. The van der Waals surface area contributed by atoms with Crippen molar-refractivity contribution in [3.8, 4) is 0 Å². The van der Waals surface area contributed by atoms with Crippen LogP contribution in [0.2, 0.25) is 0 Å². The van der Waals surface area contributed by atoms with Gasteiger partial charge in [0.2, 0.25) is 0 Å². The molecule has 0 bridgehead atoms. The van der Waals surface area contributed by atoms with E-state index in [0.29, 0.717) is 10.7 Å². The molecule has 2 heterocycles. The Bertz CT molecular complexity index is 482. The zero-order valence-corrected chi connectivity index (χ0v) is 9.20. The Hall–Kier alpha value is -1.72. The molecule has 0 aliphatic carbocycles. The Balaban J connectivity index is 2.12. The second kappa shape index (κ2) is 4.87. The highest BCUT2D eigenvalue weighted by molar-refractivity contribution is 7.12. The van der Waals surface area contributed by atoms with Crippen molar-refractivity contribution in [3.05, 3.63) is 46.3 Å². The van der Waals surface area contributed by atoms with Crippen molar-refractivity contribution in [1.29, 1.82) is 0 Å². The number of hydrogen-bond donors (Lipinski definition) is 2. The summed E-state index contributed by atoms with van der Waals surface area (Å²) in [4.78, 5) is 16.3. The van der Waals surface area contributed by atoms with Gasteiger partial charge in [0.25, 0.3) is 5.91 Å². The van der Waals surface area contributed by atoms with Crippen LogP contribution in [0.25, 0.3) is 0 Å². The molecule has 0 saturated carbocycles. The largest absolute Gasteiger partial charge is 0.392 e. The van der Waals surface area contributed by atoms with E-state index in [1.165, 1.54) is 11.3 Å². The zero-order valence-electron chi connectivity index (χ0n) is 8.38. The molecule has 16 heavy (non-hydrogen) atoms. The molecule has 2 N–H and O–H groups in total. The van der Waals surface area contributed by atoms with Crippen LogP contribution in [0.3, 0.4) is 0 Å². The average molecular weight is 234 g/mol. The number of amides is 1. The van der Waals surface area contributed by atoms with Crippen LogP contribution in [-0.4, -0.2) is 16.0 Å².